The monoisotopic (exact) mass is 260 g/mol. The molecule has 2 rings (SSSR count). The zero-order valence-corrected chi connectivity index (χ0v) is 11.1. The summed E-state index contributed by atoms with van der Waals surface area (Å²) in [6.07, 6.45) is 2.13. The number of ether oxygens (including phenoxy) is 1. The van der Waals surface area contributed by atoms with Crippen molar-refractivity contribution < 1.29 is 9.13 Å². The highest BCUT2D eigenvalue weighted by molar-refractivity contribution is 5.33. The van der Waals surface area contributed by atoms with E-state index in [1.807, 2.05) is 19.1 Å². The molecular formula is C15H17FN2O. The van der Waals surface area contributed by atoms with Gasteiger partial charge < -0.3 is 10.5 Å². The van der Waals surface area contributed by atoms with E-state index >= 15 is 0 Å². The number of nitrogens with two attached hydrogens (primary N) is 1. The summed E-state index contributed by atoms with van der Waals surface area (Å²) in [5.74, 6) is -0.102. The highest BCUT2D eigenvalue weighted by Gasteiger charge is 2.14. The van der Waals surface area contributed by atoms with E-state index in [1.165, 1.54) is 7.11 Å². The maximum Gasteiger partial charge on any atom is 0.168 e. The summed E-state index contributed by atoms with van der Waals surface area (Å²) < 4.78 is 19.0. The van der Waals surface area contributed by atoms with Crippen molar-refractivity contribution in [1.82, 2.24) is 4.98 Å². The summed E-state index contributed by atoms with van der Waals surface area (Å²) in [6.45, 7) is 1.90. The molecule has 4 heteroatoms. The van der Waals surface area contributed by atoms with E-state index in [1.54, 1.807) is 24.4 Å². The van der Waals surface area contributed by atoms with Crippen molar-refractivity contribution in [2.45, 2.75) is 19.4 Å². The molecule has 0 radical (unpaired) electrons. The smallest absolute Gasteiger partial charge is 0.168 e. The first-order valence-electron chi connectivity index (χ1n) is 6.12. The number of methoxy groups -OCH3 is 1. The summed E-state index contributed by atoms with van der Waals surface area (Å²) in [7, 11) is 1.45. The van der Waals surface area contributed by atoms with E-state index in [0.29, 0.717) is 12.0 Å². The molecule has 0 saturated carbocycles. The fourth-order valence-electron chi connectivity index (χ4n) is 2.11. The highest BCUT2D eigenvalue weighted by Crippen LogP contribution is 2.24. The van der Waals surface area contributed by atoms with E-state index < -0.39 is 0 Å². The summed E-state index contributed by atoms with van der Waals surface area (Å²) in [4.78, 5) is 4.20. The van der Waals surface area contributed by atoms with Gasteiger partial charge in [-0.05, 0) is 36.6 Å². The Morgan fingerprint density at radius 1 is 1.32 bits per heavy atom. The lowest BCUT2D eigenvalue weighted by Crippen LogP contribution is -2.16. The average Bonchev–Trinajstić information content (AvgIpc) is 2.41. The lowest BCUT2D eigenvalue weighted by Gasteiger charge is -2.15. The number of hydrogen-bond acceptors (Lipinski definition) is 3. The van der Waals surface area contributed by atoms with Gasteiger partial charge in [-0.2, -0.15) is 0 Å². The normalized spacial score (nSPS) is 12.2. The van der Waals surface area contributed by atoms with Crippen molar-refractivity contribution in [2.75, 3.05) is 7.11 Å². The Labute approximate surface area is 112 Å². The molecule has 1 heterocycles. The van der Waals surface area contributed by atoms with E-state index in [0.717, 1.165) is 11.3 Å². The number of nitrogens with zero attached hydrogens (tertiary/aromatic N) is 1. The van der Waals surface area contributed by atoms with Crippen LogP contribution in [-0.4, -0.2) is 12.1 Å². The summed E-state index contributed by atoms with van der Waals surface area (Å²) in [5, 5.41) is 0. The Morgan fingerprint density at radius 3 is 2.79 bits per heavy atom. The lowest BCUT2D eigenvalue weighted by atomic mass is 9.98. The Hall–Kier alpha value is -1.94. The van der Waals surface area contributed by atoms with Crippen molar-refractivity contribution in [3.63, 3.8) is 0 Å². The number of halogens is 1. The molecule has 0 aliphatic carbocycles. The number of rotatable bonds is 4. The second-order valence-corrected chi connectivity index (χ2v) is 4.42. The van der Waals surface area contributed by atoms with Crippen LogP contribution in [-0.2, 0) is 6.42 Å². The lowest BCUT2D eigenvalue weighted by molar-refractivity contribution is 0.383. The Morgan fingerprint density at radius 2 is 2.11 bits per heavy atom. The van der Waals surface area contributed by atoms with Crippen molar-refractivity contribution in [2.24, 2.45) is 5.73 Å². The molecule has 0 spiro atoms. The van der Waals surface area contributed by atoms with Crippen LogP contribution in [0.2, 0.25) is 0 Å². The number of pyridine rings is 1. The number of aryl methyl sites for hydroxylation is 1. The largest absolute Gasteiger partial charge is 0.494 e. The average molecular weight is 260 g/mol. The number of aromatic nitrogens is 1. The van der Waals surface area contributed by atoms with Gasteiger partial charge in [-0.15, -0.1) is 0 Å². The second-order valence-electron chi connectivity index (χ2n) is 4.42. The van der Waals surface area contributed by atoms with E-state index in [4.69, 9.17) is 10.5 Å². The first-order chi connectivity index (χ1) is 9.13. The molecule has 0 amide bonds. The van der Waals surface area contributed by atoms with Gasteiger partial charge >= 0.3 is 0 Å². The topological polar surface area (TPSA) is 48.1 Å². The summed E-state index contributed by atoms with van der Waals surface area (Å²) in [6, 6.07) is 8.56. The molecule has 2 N–H and O–H groups in total. The van der Waals surface area contributed by atoms with E-state index in [2.05, 4.69) is 4.98 Å². The van der Waals surface area contributed by atoms with Gasteiger partial charge in [0.15, 0.2) is 11.6 Å². The van der Waals surface area contributed by atoms with Crippen LogP contribution in [0.5, 0.6) is 5.75 Å². The van der Waals surface area contributed by atoms with Gasteiger partial charge in [0, 0.05) is 17.9 Å². The van der Waals surface area contributed by atoms with Crippen LogP contribution in [0.25, 0.3) is 0 Å². The fourth-order valence-corrected chi connectivity index (χ4v) is 2.11. The standard InChI is InChI=1S/C15H17FN2O/c1-10-12(6-4-8-18-10)13(17)9-11-5-3-7-14(19-2)15(11)16/h3-8,13H,9,17H2,1-2H3. The molecule has 0 saturated heterocycles. The van der Waals surface area contributed by atoms with Crippen molar-refractivity contribution >= 4 is 0 Å². The molecule has 1 atom stereocenters. The molecular weight excluding hydrogens is 243 g/mol. The first kappa shape index (κ1) is 13.5. The third-order valence-electron chi connectivity index (χ3n) is 3.15. The van der Waals surface area contributed by atoms with Crippen LogP contribution in [0.1, 0.15) is 22.9 Å². The molecule has 2 aromatic rings. The van der Waals surface area contributed by atoms with Crippen LogP contribution < -0.4 is 10.5 Å². The van der Waals surface area contributed by atoms with Gasteiger partial charge in [-0.1, -0.05) is 18.2 Å². The van der Waals surface area contributed by atoms with E-state index in [9.17, 15) is 4.39 Å². The molecule has 1 aromatic carbocycles. The van der Waals surface area contributed by atoms with Crippen LogP contribution in [0.3, 0.4) is 0 Å². The van der Waals surface area contributed by atoms with Gasteiger partial charge in [0.1, 0.15) is 0 Å². The predicted molar refractivity (Wildman–Crippen MR) is 72.6 cm³/mol. The molecule has 0 bridgehead atoms. The highest BCUT2D eigenvalue weighted by atomic mass is 19.1. The van der Waals surface area contributed by atoms with Crippen LogP contribution in [0.4, 0.5) is 4.39 Å². The zero-order chi connectivity index (χ0) is 13.8. The fraction of sp³-hybridized carbons (Fsp3) is 0.267. The predicted octanol–water partition coefficient (Wildman–Crippen LogP) is 2.78. The number of benzene rings is 1. The molecule has 19 heavy (non-hydrogen) atoms. The molecule has 0 aliphatic rings. The van der Waals surface area contributed by atoms with Crippen molar-refractivity contribution in [3.8, 4) is 5.75 Å². The summed E-state index contributed by atoms with van der Waals surface area (Å²) in [5.41, 5.74) is 8.50. The van der Waals surface area contributed by atoms with Crippen LogP contribution in [0.15, 0.2) is 36.5 Å². The van der Waals surface area contributed by atoms with Crippen LogP contribution >= 0.6 is 0 Å². The van der Waals surface area contributed by atoms with E-state index in [-0.39, 0.29) is 17.6 Å². The van der Waals surface area contributed by atoms with Gasteiger partial charge in [0.05, 0.1) is 7.11 Å². The maximum atomic E-state index is 14.1. The zero-order valence-electron chi connectivity index (χ0n) is 11.1. The number of hydrogen-bond donors (Lipinski definition) is 1. The molecule has 0 fully saturated rings. The first-order valence-corrected chi connectivity index (χ1v) is 6.12. The maximum absolute atomic E-state index is 14.1. The van der Waals surface area contributed by atoms with Gasteiger partial charge in [0.25, 0.3) is 0 Å². The van der Waals surface area contributed by atoms with Gasteiger partial charge in [0.2, 0.25) is 0 Å². The molecule has 1 aromatic heterocycles. The van der Waals surface area contributed by atoms with Crippen molar-refractivity contribution in [1.29, 1.82) is 0 Å². The molecule has 0 aliphatic heterocycles. The minimum Gasteiger partial charge on any atom is -0.494 e. The van der Waals surface area contributed by atoms with Crippen molar-refractivity contribution in [3.05, 3.63) is 59.2 Å². The third kappa shape index (κ3) is 2.90. The molecule has 1 unspecified atom stereocenters. The Balaban J connectivity index is 2.24. The SMILES string of the molecule is COc1cccc(CC(N)c2cccnc2C)c1F. The van der Waals surface area contributed by atoms with Gasteiger partial charge in [-0.25, -0.2) is 4.39 Å². The Bertz CT molecular complexity index is 572. The minimum absolute atomic E-state index is 0.243. The van der Waals surface area contributed by atoms with Crippen LogP contribution in [0, 0.1) is 12.7 Å². The Kier molecular flexibility index (Phi) is 4.12. The quantitative estimate of drug-likeness (QED) is 0.919. The third-order valence-corrected chi connectivity index (χ3v) is 3.15. The summed E-state index contributed by atoms with van der Waals surface area (Å²) >= 11 is 0. The molecule has 100 valence electrons. The van der Waals surface area contributed by atoms with Gasteiger partial charge in [-0.3, -0.25) is 4.98 Å². The molecule has 3 nitrogen and oxygen atoms in total. The minimum atomic E-state index is -0.345. The second kappa shape index (κ2) is 5.80.